The van der Waals surface area contributed by atoms with Crippen LogP contribution in [0.25, 0.3) is 0 Å². The molecule has 0 bridgehead atoms. The Bertz CT molecular complexity index is 108. The van der Waals surface area contributed by atoms with Crippen LogP contribution in [0.3, 0.4) is 0 Å². The molecule has 0 aromatic carbocycles. The summed E-state index contributed by atoms with van der Waals surface area (Å²) < 4.78 is 0. The zero-order valence-electron chi connectivity index (χ0n) is 4.22. The van der Waals surface area contributed by atoms with E-state index in [1.807, 2.05) is 0 Å². The van der Waals surface area contributed by atoms with E-state index in [-0.39, 0.29) is 5.91 Å². The first-order valence-electron chi connectivity index (χ1n) is 1.93. The Kier molecular flexibility index (Phi) is 3.11. The summed E-state index contributed by atoms with van der Waals surface area (Å²) in [7, 11) is 0. The average Bonchev–Trinajstić information content (AvgIpc) is 1.61. The Morgan fingerprint density at radius 3 is 2.71 bits per heavy atom. The van der Waals surface area contributed by atoms with Crippen molar-refractivity contribution in [3.63, 3.8) is 0 Å². The van der Waals surface area contributed by atoms with Gasteiger partial charge in [-0.05, 0) is 0 Å². The van der Waals surface area contributed by atoms with Crippen LogP contribution in [0.1, 0.15) is 6.92 Å². The molecule has 0 radical (unpaired) electrons. The number of hydrogen-bond donors (Lipinski definition) is 0. The van der Waals surface area contributed by atoms with Gasteiger partial charge in [-0.2, -0.15) is 0 Å². The second-order valence-electron chi connectivity index (χ2n) is 1.03. The normalized spacial score (nSPS) is 8.71. The summed E-state index contributed by atoms with van der Waals surface area (Å²) in [5.74, 6) is -0.195. The minimum atomic E-state index is -0.195. The topological polar surface area (TPSA) is 29.4 Å². The molecule has 0 spiro atoms. The number of rotatable bonds is 1. The van der Waals surface area contributed by atoms with Crippen LogP contribution < -0.4 is 0 Å². The van der Waals surface area contributed by atoms with Crippen molar-refractivity contribution in [1.29, 1.82) is 0 Å². The number of aliphatic imine (C=N–C) groups is 1. The molecule has 0 aliphatic rings. The van der Waals surface area contributed by atoms with Gasteiger partial charge in [-0.3, -0.25) is 0 Å². The Labute approximate surface area is 43.2 Å². The molecule has 3 heteroatoms. The van der Waals surface area contributed by atoms with Crippen molar-refractivity contribution in [3.05, 3.63) is 0 Å². The number of carbonyl (C=O) groups is 1. The molecule has 1 amide bonds. The first-order valence-corrected chi connectivity index (χ1v) is 1.93. The van der Waals surface area contributed by atoms with Gasteiger partial charge in [0.05, 0.1) is 0 Å². The number of hydrogen-bond acceptors (Lipinski definition) is 1. The van der Waals surface area contributed by atoms with Crippen LogP contribution in [0.15, 0.2) is 4.99 Å². The van der Waals surface area contributed by atoms with Gasteiger partial charge in [-0.1, -0.05) is 0 Å². The summed E-state index contributed by atoms with van der Waals surface area (Å²) in [6.45, 7) is 6.18. The summed E-state index contributed by atoms with van der Waals surface area (Å²) in [5, 5.41) is 0. The van der Waals surface area contributed by atoms with Crippen LogP contribution >= 0.6 is 0 Å². The summed E-state index contributed by atoms with van der Waals surface area (Å²) in [4.78, 5) is 13.3. The fourth-order valence-corrected chi connectivity index (χ4v) is 0.158. The molecule has 0 heterocycles. The van der Waals surface area contributed by atoms with Gasteiger partial charge in [0.1, 0.15) is 0 Å². The zero-order valence-corrected chi connectivity index (χ0v) is 4.22. The maximum atomic E-state index is 9.96. The molecule has 0 N–H and O–H groups in total. The third-order valence-corrected chi connectivity index (χ3v) is 0.362. The fourth-order valence-electron chi connectivity index (χ4n) is 0.158. The number of carbonyl (C=O) groups excluding carboxylic acids is 1. The van der Waals surface area contributed by atoms with E-state index in [4.69, 9.17) is 0 Å². The van der Waals surface area contributed by atoms with Gasteiger partial charge in [0.25, 0.3) is 0 Å². The Morgan fingerprint density at radius 1 is 2.00 bits per heavy atom. The predicted molar refractivity (Wildman–Crippen MR) is 32.0 cm³/mol. The van der Waals surface area contributed by atoms with Crippen LogP contribution in [-0.2, 0) is 4.79 Å². The standard InChI is InChI=1S/C4H6BNO/c1-4(7)6-3-5-2/h3H,2H2,1H3. The Morgan fingerprint density at radius 2 is 2.57 bits per heavy atom. The Hall–Kier alpha value is -0.725. The van der Waals surface area contributed by atoms with Crippen LogP contribution in [0.5, 0.6) is 0 Å². The van der Waals surface area contributed by atoms with Crippen LogP contribution in [-0.4, -0.2) is 25.4 Å². The predicted octanol–water partition coefficient (Wildman–Crippen LogP) is -0.303. The summed E-state index contributed by atoms with van der Waals surface area (Å²) in [6.07, 6.45) is 1.36. The third kappa shape index (κ3) is 5.27. The van der Waals surface area contributed by atoms with Gasteiger partial charge in [0, 0.05) is 0 Å². The molecule has 0 rings (SSSR count). The van der Waals surface area contributed by atoms with Crippen molar-refractivity contribution < 1.29 is 4.79 Å². The van der Waals surface area contributed by atoms with Crippen LogP contribution in [0.4, 0.5) is 0 Å². The van der Waals surface area contributed by atoms with E-state index in [1.54, 1.807) is 0 Å². The maximum absolute atomic E-state index is 9.96. The molecule has 0 aliphatic carbocycles. The molecule has 0 atom stereocenters. The second kappa shape index (κ2) is 3.46. The first-order chi connectivity index (χ1) is 3.27. The van der Waals surface area contributed by atoms with Gasteiger partial charge in [0.2, 0.25) is 0 Å². The summed E-state index contributed by atoms with van der Waals surface area (Å²) in [6, 6.07) is 0. The molecule has 0 unspecified atom stereocenters. The summed E-state index contributed by atoms with van der Waals surface area (Å²) >= 11 is 0. The minimum absolute atomic E-state index is 0.195. The van der Waals surface area contributed by atoms with Crippen molar-refractivity contribution >= 4 is 25.4 Å². The van der Waals surface area contributed by atoms with E-state index in [2.05, 4.69) is 11.5 Å². The van der Waals surface area contributed by atoms with Crippen molar-refractivity contribution in [2.75, 3.05) is 0 Å². The number of amides is 1. The van der Waals surface area contributed by atoms with Gasteiger partial charge in [0.15, 0.2) is 0 Å². The second-order valence-corrected chi connectivity index (χ2v) is 1.03. The zero-order chi connectivity index (χ0) is 5.70. The molecule has 0 aromatic rings. The van der Waals surface area contributed by atoms with E-state index in [0.717, 1.165) is 0 Å². The van der Waals surface area contributed by atoms with E-state index in [1.165, 1.54) is 20.0 Å². The molecule has 0 fully saturated rings. The first kappa shape index (κ1) is 6.27. The molecule has 0 aliphatic heterocycles. The van der Waals surface area contributed by atoms with Crippen LogP contribution in [0.2, 0.25) is 0 Å². The van der Waals surface area contributed by atoms with Crippen molar-refractivity contribution in [1.82, 2.24) is 0 Å². The molecular formula is C4H6BNO. The van der Waals surface area contributed by atoms with E-state index < -0.39 is 0 Å². The average molecular weight is 94.9 g/mol. The van der Waals surface area contributed by atoms with Crippen molar-refractivity contribution in [2.24, 2.45) is 4.99 Å². The molecule has 36 valence electrons. The van der Waals surface area contributed by atoms with E-state index >= 15 is 0 Å². The molecular weight excluding hydrogens is 88.9 g/mol. The molecule has 0 saturated carbocycles. The Balaban J connectivity index is 3.46. The molecule has 2 nitrogen and oxygen atoms in total. The summed E-state index contributed by atoms with van der Waals surface area (Å²) in [5.41, 5.74) is 0. The van der Waals surface area contributed by atoms with Gasteiger partial charge in [-0.15, -0.1) is 0 Å². The number of nitrogens with zero attached hydrogens (tertiary/aromatic N) is 1. The molecule has 0 saturated heterocycles. The van der Waals surface area contributed by atoms with Crippen molar-refractivity contribution in [2.45, 2.75) is 6.92 Å². The molecule has 7 heavy (non-hydrogen) atoms. The van der Waals surface area contributed by atoms with E-state index in [0.29, 0.717) is 0 Å². The van der Waals surface area contributed by atoms with Gasteiger partial charge in [-0.25, -0.2) is 0 Å². The fraction of sp³-hybridized carbons (Fsp3) is 0.250. The third-order valence-electron chi connectivity index (χ3n) is 0.362. The van der Waals surface area contributed by atoms with E-state index in [9.17, 15) is 4.79 Å². The van der Waals surface area contributed by atoms with Crippen LogP contribution in [0, 0.1) is 0 Å². The molecule has 0 aromatic heterocycles. The monoisotopic (exact) mass is 95.1 g/mol. The SMILES string of the molecule is C=BC=NC(C)=O. The van der Waals surface area contributed by atoms with Gasteiger partial charge < -0.3 is 0 Å². The quantitative estimate of drug-likeness (QED) is 0.324. The van der Waals surface area contributed by atoms with Gasteiger partial charge >= 0.3 is 42.1 Å². The van der Waals surface area contributed by atoms with Crippen molar-refractivity contribution in [3.8, 4) is 0 Å².